The second kappa shape index (κ2) is 11.6. The lowest BCUT2D eigenvalue weighted by molar-refractivity contribution is 0.0987. The number of hydrogen-bond donors (Lipinski definition) is 0. The molecule has 11 heteroatoms. The van der Waals surface area contributed by atoms with E-state index < -0.39 is 15.9 Å². The number of hydrazone groups is 1. The summed E-state index contributed by atoms with van der Waals surface area (Å²) < 4.78 is 34.6. The Labute approximate surface area is 244 Å². The lowest BCUT2D eigenvalue weighted by Gasteiger charge is -2.19. The summed E-state index contributed by atoms with van der Waals surface area (Å²) in [5.41, 5.74) is 2.27. The fourth-order valence-corrected chi connectivity index (χ4v) is 6.48. The van der Waals surface area contributed by atoms with Crippen molar-refractivity contribution in [3.05, 3.63) is 113 Å². The highest BCUT2D eigenvalue weighted by molar-refractivity contribution is 9.10. The van der Waals surface area contributed by atoms with Crippen LogP contribution in [0.2, 0.25) is 0 Å². The van der Waals surface area contributed by atoms with Gasteiger partial charge in [-0.25, -0.2) is 13.4 Å². The molecule has 0 atom stereocenters. The minimum Gasteiger partial charge on any atom is -0.497 e. The molecular weight excluding hydrogens is 612 g/mol. The van der Waals surface area contributed by atoms with Gasteiger partial charge in [-0.15, -0.1) is 0 Å². The third-order valence-corrected chi connectivity index (χ3v) is 9.32. The minimum atomic E-state index is -3.83. The Morgan fingerprint density at radius 3 is 2.35 bits per heavy atom. The second-order valence-electron chi connectivity index (χ2n) is 8.58. The van der Waals surface area contributed by atoms with E-state index in [2.05, 4.69) is 26.0 Å². The molecule has 5 rings (SSSR count). The van der Waals surface area contributed by atoms with Gasteiger partial charge in [-0.2, -0.15) is 10.1 Å². The number of rotatable bonds is 8. The number of anilines is 2. The largest absolute Gasteiger partial charge is 0.497 e. The van der Waals surface area contributed by atoms with Gasteiger partial charge >= 0.3 is 0 Å². The number of benzene rings is 4. The first kappa shape index (κ1) is 27.5. The van der Waals surface area contributed by atoms with Gasteiger partial charge in [-0.1, -0.05) is 45.5 Å². The Balaban J connectivity index is 1.47. The monoisotopic (exact) mass is 634 g/mol. The van der Waals surface area contributed by atoms with Crippen LogP contribution in [0.3, 0.4) is 0 Å². The third kappa shape index (κ3) is 5.76. The third-order valence-electron chi connectivity index (χ3n) is 6.03. The molecule has 0 N–H and O–H groups in total. The lowest BCUT2D eigenvalue weighted by atomic mass is 10.2. The van der Waals surface area contributed by atoms with Crippen molar-refractivity contribution in [3.8, 4) is 5.75 Å². The van der Waals surface area contributed by atoms with Crippen molar-refractivity contribution in [1.82, 2.24) is 4.98 Å². The van der Waals surface area contributed by atoms with E-state index in [1.807, 2.05) is 36.4 Å². The van der Waals surface area contributed by atoms with Crippen molar-refractivity contribution >= 4 is 70.4 Å². The number of ether oxygens (including phenoxy) is 1. The summed E-state index contributed by atoms with van der Waals surface area (Å²) in [4.78, 5) is 18.4. The van der Waals surface area contributed by atoms with E-state index in [-0.39, 0.29) is 10.5 Å². The van der Waals surface area contributed by atoms with Crippen LogP contribution in [0.25, 0.3) is 10.2 Å². The number of methoxy groups -OCH3 is 1. The van der Waals surface area contributed by atoms with Crippen LogP contribution in [-0.4, -0.2) is 39.7 Å². The molecule has 0 aliphatic rings. The van der Waals surface area contributed by atoms with Crippen LogP contribution < -0.4 is 14.1 Å². The van der Waals surface area contributed by atoms with Crippen LogP contribution in [0.1, 0.15) is 15.9 Å². The molecule has 0 spiro atoms. The molecule has 8 nitrogen and oxygen atoms in total. The Morgan fingerprint density at radius 2 is 1.68 bits per heavy atom. The van der Waals surface area contributed by atoms with Crippen molar-refractivity contribution in [3.63, 3.8) is 0 Å². The fourth-order valence-electron chi connectivity index (χ4n) is 3.81. The molecule has 0 aliphatic heterocycles. The Morgan fingerprint density at radius 1 is 0.975 bits per heavy atom. The molecule has 1 aromatic heterocycles. The van der Waals surface area contributed by atoms with Gasteiger partial charge in [-0.05, 0) is 84.4 Å². The maximum atomic E-state index is 13.7. The summed E-state index contributed by atoms with van der Waals surface area (Å²) >= 11 is 4.79. The maximum absolute atomic E-state index is 13.7. The highest BCUT2D eigenvalue weighted by atomic mass is 79.9. The van der Waals surface area contributed by atoms with Crippen molar-refractivity contribution in [2.45, 2.75) is 4.90 Å². The summed E-state index contributed by atoms with van der Waals surface area (Å²) in [6.07, 6.45) is 1.56. The molecule has 1 heterocycles. The van der Waals surface area contributed by atoms with Gasteiger partial charge in [0.1, 0.15) is 5.75 Å². The van der Waals surface area contributed by atoms with Crippen LogP contribution in [0.4, 0.5) is 10.8 Å². The van der Waals surface area contributed by atoms with E-state index in [4.69, 9.17) is 4.74 Å². The molecule has 0 fully saturated rings. The average Bonchev–Trinajstić information content (AvgIpc) is 3.40. The molecule has 40 heavy (non-hydrogen) atoms. The maximum Gasteiger partial charge on any atom is 0.280 e. The fraction of sp³-hybridized carbons (Fsp3) is 0.0690. The quantitative estimate of drug-likeness (QED) is 0.142. The van der Waals surface area contributed by atoms with E-state index in [1.165, 1.54) is 52.0 Å². The summed E-state index contributed by atoms with van der Waals surface area (Å²) in [6, 6.07) is 27.5. The number of carbonyl (C=O) groups excluding carboxylic acids is 1. The SMILES string of the molecule is COc1ccc(/C=N/N(C(=O)c2ccc(S(=O)(=O)N(C)c3ccccc3)cc2)c2nc3ccc(Br)cc3s2)cc1. The number of halogens is 1. The standard InChI is InChI=1S/C29H23BrN4O4S2/c1-33(23-6-4-3-5-7-23)40(36,37)25-15-10-21(11-16-25)28(35)34(31-19-20-8-13-24(38-2)14-9-20)29-32-26-17-12-22(30)18-27(26)39-29/h3-19H,1-2H3/b31-19+. The number of carbonyl (C=O) groups is 1. The molecule has 5 aromatic rings. The molecule has 1 amide bonds. The van der Waals surface area contributed by atoms with E-state index in [1.54, 1.807) is 49.7 Å². The lowest BCUT2D eigenvalue weighted by Crippen LogP contribution is -2.27. The molecule has 0 saturated heterocycles. The molecule has 4 aromatic carbocycles. The zero-order chi connectivity index (χ0) is 28.3. The van der Waals surface area contributed by atoms with E-state index in [9.17, 15) is 13.2 Å². The van der Waals surface area contributed by atoms with Crippen LogP contribution in [-0.2, 0) is 10.0 Å². The highest BCUT2D eigenvalue weighted by Gasteiger charge is 2.24. The molecule has 0 unspecified atom stereocenters. The number of aromatic nitrogens is 1. The van der Waals surface area contributed by atoms with Gasteiger partial charge in [0.05, 0.1) is 34.1 Å². The van der Waals surface area contributed by atoms with Crippen LogP contribution >= 0.6 is 27.3 Å². The molecule has 0 radical (unpaired) electrons. The number of hydrogen-bond acceptors (Lipinski definition) is 7. The molecule has 202 valence electrons. The van der Waals surface area contributed by atoms with Crippen LogP contribution in [0, 0.1) is 0 Å². The van der Waals surface area contributed by atoms with Crippen LogP contribution in [0.5, 0.6) is 5.75 Å². The molecule has 0 saturated carbocycles. The van der Waals surface area contributed by atoms with Crippen molar-refractivity contribution in [2.75, 3.05) is 23.5 Å². The smallest absolute Gasteiger partial charge is 0.280 e. The topological polar surface area (TPSA) is 92.2 Å². The molecule has 0 bridgehead atoms. The van der Waals surface area contributed by atoms with Crippen molar-refractivity contribution < 1.29 is 17.9 Å². The zero-order valence-electron chi connectivity index (χ0n) is 21.4. The van der Waals surface area contributed by atoms with E-state index >= 15 is 0 Å². The zero-order valence-corrected chi connectivity index (χ0v) is 24.7. The van der Waals surface area contributed by atoms with Gasteiger partial charge < -0.3 is 4.74 Å². The first-order valence-corrected chi connectivity index (χ1v) is 15.0. The predicted molar refractivity (Wildman–Crippen MR) is 163 cm³/mol. The van der Waals surface area contributed by atoms with Crippen molar-refractivity contribution in [2.24, 2.45) is 5.10 Å². The normalized spacial score (nSPS) is 11.6. The average molecular weight is 636 g/mol. The van der Waals surface area contributed by atoms with Gasteiger partial charge in [0.15, 0.2) is 0 Å². The number of sulfonamides is 1. The number of amides is 1. The Bertz CT molecular complexity index is 1790. The van der Waals surface area contributed by atoms with Gasteiger partial charge in [-0.3, -0.25) is 9.10 Å². The number of nitrogens with zero attached hydrogens (tertiary/aromatic N) is 4. The predicted octanol–water partition coefficient (Wildman–Crippen LogP) is 6.57. The summed E-state index contributed by atoms with van der Waals surface area (Å²) in [7, 11) is -0.747. The van der Waals surface area contributed by atoms with E-state index in [0.29, 0.717) is 16.6 Å². The van der Waals surface area contributed by atoms with Gasteiger partial charge in [0, 0.05) is 17.1 Å². The van der Waals surface area contributed by atoms with Crippen molar-refractivity contribution in [1.29, 1.82) is 0 Å². The number of fused-ring (bicyclic) bond motifs is 1. The van der Waals surface area contributed by atoms with Crippen LogP contribution in [0.15, 0.2) is 112 Å². The second-order valence-corrected chi connectivity index (χ2v) is 12.5. The van der Waals surface area contributed by atoms with Gasteiger partial charge in [0.2, 0.25) is 5.13 Å². The number of para-hydroxylation sites is 1. The summed E-state index contributed by atoms with van der Waals surface area (Å²) in [6.45, 7) is 0. The highest BCUT2D eigenvalue weighted by Crippen LogP contribution is 2.32. The summed E-state index contributed by atoms with van der Waals surface area (Å²) in [5, 5.41) is 6.08. The first-order valence-electron chi connectivity index (χ1n) is 12.0. The molecule has 0 aliphatic carbocycles. The summed E-state index contributed by atoms with van der Waals surface area (Å²) in [5.74, 6) is 0.248. The molecular formula is C29H23BrN4O4S2. The number of thiazole rings is 1. The minimum absolute atomic E-state index is 0.0634. The van der Waals surface area contributed by atoms with E-state index in [0.717, 1.165) is 20.3 Å². The Hall–Kier alpha value is -4.06. The van der Waals surface area contributed by atoms with Gasteiger partial charge in [0.25, 0.3) is 15.9 Å². The Kier molecular flexibility index (Phi) is 7.97. The first-order chi connectivity index (χ1) is 19.3.